The fourth-order valence-electron chi connectivity index (χ4n) is 3.49. The molecule has 6 nitrogen and oxygen atoms in total. The SMILES string of the molecule is Cc1ccc(Nc2ncnc3sc4c(c23)CC[C@@H](C)C4)cc1S(N)(=O)=O. The topological polar surface area (TPSA) is 98.0 Å². The molecule has 3 N–H and O–H groups in total. The van der Waals surface area contributed by atoms with Crippen molar-refractivity contribution in [1.82, 2.24) is 9.97 Å². The minimum absolute atomic E-state index is 0.119. The zero-order chi connectivity index (χ0) is 18.5. The number of hydrogen-bond acceptors (Lipinski definition) is 6. The van der Waals surface area contributed by atoms with Gasteiger partial charge in [-0.3, -0.25) is 0 Å². The molecule has 1 aliphatic rings. The molecule has 3 aromatic rings. The Morgan fingerprint density at radius 1 is 1.31 bits per heavy atom. The lowest BCUT2D eigenvalue weighted by Crippen LogP contribution is -2.14. The second kappa shape index (κ2) is 6.29. The van der Waals surface area contributed by atoms with E-state index in [4.69, 9.17) is 5.14 Å². The number of primary sulfonamides is 1. The molecule has 0 bridgehead atoms. The number of thiophene rings is 1. The lowest BCUT2D eigenvalue weighted by atomic mass is 9.89. The Hall–Kier alpha value is -2.03. The van der Waals surface area contributed by atoms with E-state index in [-0.39, 0.29) is 4.90 Å². The molecule has 2 heterocycles. The summed E-state index contributed by atoms with van der Waals surface area (Å²) in [6, 6.07) is 5.13. The summed E-state index contributed by atoms with van der Waals surface area (Å²) >= 11 is 1.73. The van der Waals surface area contributed by atoms with Crippen LogP contribution in [-0.4, -0.2) is 18.4 Å². The van der Waals surface area contributed by atoms with Gasteiger partial charge in [0.25, 0.3) is 0 Å². The average Bonchev–Trinajstić information content (AvgIpc) is 2.94. The molecule has 2 aromatic heterocycles. The molecule has 4 rings (SSSR count). The number of fused-ring (bicyclic) bond motifs is 3. The summed E-state index contributed by atoms with van der Waals surface area (Å²) in [5, 5.41) is 9.64. The van der Waals surface area contributed by atoms with Gasteiger partial charge in [-0.2, -0.15) is 0 Å². The van der Waals surface area contributed by atoms with Crippen molar-refractivity contribution in [2.24, 2.45) is 11.1 Å². The Bertz CT molecular complexity index is 1110. The summed E-state index contributed by atoms with van der Waals surface area (Å²) in [7, 11) is -3.77. The number of nitrogens with one attached hydrogen (secondary N) is 1. The molecule has 26 heavy (non-hydrogen) atoms. The van der Waals surface area contributed by atoms with Gasteiger partial charge < -0.3 is 5.32 Å². The summed E-state index contributed by atoms with van der Waals surface area (Å²) < 4.78 is 23.6. The molecule has 1 aliphatic carbocycles. The maximum absolute atomic E-state index is 11.8. The van der Waals surface area contributed by atoms with Crippen LogP contribution in [0.25, 0.3) is 10.2 Å². The van der Waals surface area contributed by atoms with Crippen molar-refractivity contribution in [3.63, 3.8) is 0 Å². The first-order valence-corrected chi connectivity index (χ1v) is 10.8. The number of anilines is 2. The van der Waals surface area contributed by atoms with Crippen molar-refractivity contribution >= 4 is 43.1 Å². The highest BCUT2D eigenvalue weighted by molar-refractivity contribution is 7.89. The summed E-state index contributed by atoms with van der Waals surface area (Å²) in [5.74, 6) is 1.40. The van der Waals surface area contributed by atoms with E-state index < -0.39 is 10.0 Å². The van der Waals surface area contributed by atoms with Gasteiger partial charge in [0.1, 0.15) is 17.0 Å². The fourth-order valence-corrected chi connectivity index (χ4v) is 5.65. The smallest absolute Gasteiger partial charge is 0.238 e. The van der Waals surface area contributed by atoms with E-state index in [9.17, 15) is 8.42 Å². The summed E-state index contributed by atoms with van der Waals surface area (Å²) in [6.45, 7) is 4.00. The minimum atomic E-state index is -3.77. The minimum Gasteiger partial charge on any atom is -0.340 e. The van der Waals surface area contributed by atoms with E-state index in [0.717, 1.165) is 29.5 Å². The predicted octanol–water partition coefficient (Wildman–Crippen LogP) is 3.52. The monoisotopic (exact) mass is 388 g/mol. The highest BCUT2D eigenvalue weighted by atomic mass is 32.2. The van der Waals surface area contributed by atoms with E-state index >= 15 is 0 Å². The van der Waals surface area contributed by atoms with Gasteiger partial charge in [-0.25, -0.2) is 23.5 Å². The average molecular weight is 389 g/mol. The molecular weight excluding hydrogens is 368 g/mol. The van der Waals surface area contributed by atoms with Gasteiger partial charge in [0.15, 0.2) is 0 Å². The molecule has 0 saturated carbocycles. The molecule has 1 aromatic carbocycles. The van der Waals surface area contributed by atoms with Crippen LogP contribution in [-0.2, 0) is 22.9 Å². The highest BCUT2D eigenvalue weighted by Gasteiger charge is 2.23. The Labute approximate surface area is 156 Å². The Kier molecular flexibility index (Phi) is 4.21. The number of hydrogen-bond donors (Lipinski definition) is 2. The summed E-state index contributed by atoms with van der Waals surface area (Å²) in [6.07, 6.45) is 4.81. The molecule has 136 valence electrons. The first-order chi connectivity index (χ1) is 12.3. The van der Waals surface area contributed by atoms with E-state index in [1.54, 1.807) is 36.7 Å². The zero-order valence-corrected chi connectivity index (χ0v) is 16.2. The van der Waals surface area contributed by atoms with Gasteiger partial charge in [-0.15, -0.1) is 11.3 Å². The molecule has 1 atom stereocenters. The molecule has 8 heteroatoms. The quantitative estimate of drug-likeness (QED) is 0.715. The Balaban J connectivity index is 1.79. The number of rotatable bonds is 3. The first-order valence-electron chi connectivity index (χ1n) is 8.48. The fraction of sp³-hybridized carbons (Fsp3) is 0.333. The van der Waals surface area contributed by atoms with E-state index in [1.165, 1.54) is 10.4 Å². The van der Waals surface area contributed by atoms with Crippen molar-refractivity contribution < 1.29 is 8.42 Å². The third kappa shape index (κ3) is 3.08. The van der Waals surface area contributed by atoms with Crippen LogP contribution in [0, 0.1) is 12.8 Å². The van der Waals surface area contributed by atoms with Crippen LogP contribution in [0.1, 0.15) is 29.3 Å². The number of sulfonamides is 1. The summed E-state index contributed by atoms with van der Waals surface area (Å²) in [5.41, 5.74) is 2.58. The molecule has 0 saturated heterocycles. The van der Waals surface area contributed by atoms with Crippen LogP contribution in [0.3, 0.4) is 0 Å². The Morgan fingerprint density at radius 3 is 2.88 bits per heavy atom. The van der Waals surface area contributed by atoms with E-state index in [0.29, 0.717) is 23.0 Å². The van der Waals surface area contributed by atoms with Crippen molar-refractivity contribution in [3.05, 3.63) is 40.5 Å². The molecule has 0 unspecified atom stereocenters. The molecule has 0 spiro atoms. The van der Waals surface area contributed by atoms with Crippen LogP contribution in [0.5, 0.6) is 0 Å². The van der Waals surface area contributed by atoms with Crippen LogP contribution in [0.15, 0.2) is 29.4 Å². The second-order valence-electron chi connectivity index (χ2n) is 6.90. The van der Waals surface area contributed by atoms with Crippen molar-refractivity contribution in [3.8, 4) is 0 Å². The van der Waals surface area contributed by atoms with Crippen molar-refractivity contribution in [1.29, 1.82) is 0 Å². The largest absolute Gasteiger partial charge is 0.340 e. The van der Waals surface area contributed by atoms with Crippen molar-refractivity contribution in [2.75, 3.05) is 5.32 Å². The number of nitrogens with two attached hydrogens (primary N) is 1. The molecular formula is C18H20N4O2S2. The lowest BCUT2D eigenvalue weighted by Gasteiger charge is -2.18. The van der Waals surface area contributed by atoms with Gasteiger partial charge >= 0.3 is 0 Å². The van der Waals surface area contributed by atoms with Crippen LogP contribution in [0.4, 0.5) is 11.5 Å². The molecule has 0 aliphatic heterocycles. The van der Waals surface area contributed by atoms with Gasteiger partial charge in [0, 0.05) is 10.6 Å². The Morgan fingerprint density at radius 2 is 2.12 bits per heavy atom. The number of nitrogens with zero attached hydrogens (tertiary/aromatic N) is 2. The van der Waals surface area contributed by atoms with E-state index in [1.807, 2.05) is 6.07 Å². The van der Waals surface area contributed by atoms with Crippen LogP contribution in [0.2, 0.25) is 0 Å². The van der Waals surface area contributed by atoms with Crippen molar-refractivity contribution in [2.45, 2.75) is 38.0 Å². The zero-order valence-electron chi connectivity index (χ0n) is 14.6. The highest BCUT2D eigenvalue weighted by Crippen LogP contribution is 2.40. The number of benzene rings is 1. The molecule has 0 fully saturated rings. The standard InChI is InChI=1S/C18H20N4O2S2/c1-10-3-6-13-14(7-10)25-18-16(13)17(20-9-21-18)22-12-5-4-11(2)15(8-12)26(19,23)24/h4-5,8-10H,3,6-7H2,1-2H3,(H2,19,23,24)(H,20,21,22)/t10-/m1/s1. The maximum Gasteiger partial charge on any atom is 0.238 e. The van der Waals surface area contributed by atoms with E-state index in [2.05, 4.69) is 22.2 Å². The lowest BCUT2D eigenvalue weighted by molar-refractivity contribution is 0.509. The third-order valence-electron chi connectivity index (χ3n) is 4.85. The number of aromatic nitrogens is 2. The molecule has 0 radical (unpaired) electrons. The van der Waals surface area contributed by atoms with Crippen LogP contribution < -0.4 is 10.5 Å². The first kappa shape index (κ1) is 17.4. The predicted molar refractivity (Wildman–Crippen MR) is 104 cm³/mol. The molecule has 0 amide bonds. The second-order valence-corrected chi connectivity index (χ2v) is 9.52. The summed E-state index contributed by atoms with van der Waals surface area (Å²) in [4.78, 5) is 11.3. The number of aryl methyl sites for hydroxylation is 2. The van der Waals surface area contributed by atoms with Gasteiger partial charge in [-0.1, -0.05) is 13.0 Å². The van der Waals surface area contributed by atoms with Crippen LogP contribution >= 0.6 is 11.3 Å². The normalized spacial score (nSPS) is 17.3. The maximum atomic E-state index is 11.8. The van der Waals surface area contributed by atoms with Gasteiger partial charge in [0.05, 0.1) is 10.3 Å². The third-order valence-corrected chi connectivity index (χ3v) is 7.06. The van der Waals surface area contributed by atoms with Gasteiger partial charge in [0.2, 0.25) is 10.0 Å². The van der Waals surface area contributed by atoms with Gasteiger partial charge in [-0.05, 0) is 55.4 Å².